The molecule has 5 heteroatoms. The van der Waals surface area contributed by atoms with Gasteiger partial charge in [-0.25, -0.2) is 4.79 Å². The first-order valence-corrected chi connectivity index (χ1v) is 8.53. The summed E-state index contributed by atoms with van der Waals surface area (Å²) in [6.45, 7) is 5.82. The second-order valence-electron chi connectivity index (χ2n) is 5.86. The van der Waals surface area contributed by atoms with Crippen molar-refractivity contribution in [1.29, 1.82) is 0 Å². The number of esters is 2. The standard InChI is InChI=1S/C20H25NO4/c1-5-16-17(6-2)19(21(4)18(16)13-24-14(3)22)20(23)25-12-15-10-8-7-9-11-15/h7-11H,5-6,12-13H2,1-4H3. The predicted molar refractivity (Wildman–Crippen MR) is 95.2 cm³/mol. The highest BCUT2D eigenvalue weighted by Gasteiger charge is 2.25. The van der Waals surface area contributed by atoms with Crippen LogP contribution in [-0.2, 0) is 47.4 Å². The zero-order chi connectivity index (χ0) is 18.4. The Morgan fingerprint density at radius 2 is 1.60 bits per heavy atom. The highest BCUT2D eigenvalue weighted by molar-refractivity contribution is 5.90. The van der Waals surface area contributed by atoms with Crippen LogP contribution in [0.3, 0.4) is 0 Å². The molecule has 0 aliphatic carbocycles. The smallest absolute Gasteiger partial charge is 0.355 e. The van der Waals surface area contributed by atoms with Crippen molar-refractivity contribution < 1.29 is 19.1 Å². The first-order chi connectivity index (χ1) is 12.0. The summed E-state index contributed by atoms with van der Waals surface area (Å²) in [6, 6.07) is 9.59. The maximum Gasteiger partial charge on any atom is 0.355 e. The van der Waals surface area contributed by atoms with Gasteiger partial charge in [0.25, 0.3) is 0 Å². The molecule has 5 nitrogen and oxygen atoms in total. The van der Waals surface area contributed by atoms with E-state index in [2.05, 4.69) is 0 Å². The normalized spacial score (nSPS) is 10.6. The van der Waals surface area contributed by atoms with Gasteiger partial charge < -0.3 is 14.0 Å². The van der Waals surface area contributed by atoms with Gasteiger partial charge in [-0.05, 0) is 29.5 Å². The Bertz CT molecular complexity index is 747. The summed E-state index contributed by atoms with van der Waals surface area (Å²) in [6.07, 6.45) is 1.48. The Hall–Kier alpha value is -2.56. The molecule has 0 aliphatic rings. The van der Waals surface area contributed by atoms with Crippen molar-refractivity contribution in [2.45, 2.75) is 46.8 Å². The Labute approximate surface area is 148 Å². The zero-order valence-electron chi connectivity index (χ0n) is 15.3. The summed E-state index contributed by atoms with van der Waals surface area (Å²) >= 11 is 0. The van der Waals surface area contributed by atoms with Crippen molar-refractivity contribution in [2.75, 3.05) is 0 Å². The van der Waals surface area contributed by atoms with E-state index in [1.54, 1.807) is 4.57 Å². The lowest BCUT2D eigenvalue weighted by Gasteiger charge is -2.09. The molecule has 0 aliphatic heterocycles. The van der Waals surface area contributed by atoms with Crippen molar-refractivity contribution in [3.63, 3.8) is 0 Å². The average molecular weight is 343 g/mol. The second kappa shape index (κ2) is 8.51. The molecule has 0 atom stereocenters. The number of nitrogens with zero attached hydrogens (tertiary/aromatic N) is 1. The van der Waals surface area contributed by atoms with E-state index in [1.165, 1.54) is 6.92 Å². The maximum absolute atomic E-state index is 12.7. The minimum absolute atomic E-state index is 0.161. The molecule has 0 spiro atoms. The van der Waals surface area contributed by atoms with Gasteiger partial charge in [-0.1, -0.05) is 44.2 Å². The molecule has 134 valence electrons. The van der Waals surface area contributed by atoms with Crippen LogP contribution in [0.1, 0.15) is 53.6 Å². The van der Waals surface area contributed by atoms with Crippen LogP contribution in [0, 0.1) is 0 Å². The molecule has 0 amide bonds. The molecule has 1 heterocycles. The number of ether oxygens (including phenoxy) is 2. The fourth-order valence-electron chi connectivity index (χ4n) is 3.06. The van der Waals surface area contributed by atoms with Crippen LogP contribution in [0.4, 0.5) is 0 Å². The third-order valence-electron chi connectivity index (χ3n) is 4.26. The lowest BCUT2D eigenvalue weighted by Crippen LogP contribution is -2.14. The largest absolute Gasteiger partial charge is 0.459 e. The predicted octanol–water partition coefficient (Wildman–Crippen LogP) is 3.57. The number of benzene rings is 1. The maximum atomic E-state index is 12.7. The van der Waals surface area contributed by atoms with E-state index >= 15 is 0 Å². The third-order valence-corrected chi connectivity index (χ3v) is 4.26. The van der Waals surface area contributed by atoms with Crippen LogP contribution in [0.25, 0.3) is 0 Å². The Morgan fingerprint density at radius 1 is 0.960 bits per heavy atom. The van der Waals surface area contributed by atoms with E-state index in [-0.39, 0.29) is 25.2 Å². The lowest BCUT2D eigenvalue weighted by atomic mass is 10.0. The molecule has 0 saturated carbocycles. The number of carbonyl (C=O) groups excluding carboxylic acids is 2. The average Bonchev–Trinajstić information content (AvgIpc) is 2.89. The first-order valence-electron chi connectivity index (χ1n) is 8.53. The van der Waals surface area contributed by atoms with Gasteiger partial charge in [0.05, 0.1) is 5.69 Å². The zero-order valence-corrected chi connectivity index (χ0v) is 15.3. The summed E-state index contributed by atoms with van der Waals surface area (Å²) in [7, 11) is 1.82. The van der Waals surface area contributed by atoms with Gasteiger partial charge in [-0.3, -0.25) is 4.79 Å². The molecular weight excluding hydrogens is 318 g/mol. The van der Waals surface area contributed by atoms with E-state index in [4.69, 9.17) is 9.47 Å². The van der Waals surface area contributed by atoms with Crippen molar-refractivity contribution in [1.82, 2.24) is 4.57 Å². The van der Waals surface area contributed by atoms with E-state index in [1.807, 2.05) is 51.2 Å². The summed E-state index contributed by atoms with van der Waals surface area (Å²) in [5.74, 6) is -0.693. The summed E-state index contributed by atoms with van der Waals surface area (Å²) < 4.78 is 12.5. The first kappa shape index (κ1) is 18.8. The Morgan fingerprint density at radius 3 is 2.16 bits per heavy atom. The fraction of sp³-hybridized carbons (Fsp3) is 0.400. The Kier molecular flexibility index (Phi) is 6.39. The lowest BCUT2D eigenvalue weighted by molar-refractivity contribution is -0.142. The minimum atomic E-state index is -0.355. The van der Waals surface area contributed by atoms with Gasteiger partial charge >= 0.3 is 11.9 Å². The summed E-state index contributed by atoms with van der Waals surface area (Å²) in [5.41, 5.74) is 4.35. The molecule has 0 N–H and O–H groups in total. The van der Waals surface area contributed by atoms with Gasteiger partial charge in [0.15, 0.2) is 0 Å². The number of carbonyl (C=O) groups is 2. The SMILES string of the molecule is CCc1c(CC)c(C(=O)OCc2ccccc2)n(C)c1COC(C)=O. The van der Waals surface area contributed by atoms with Gasteiger partial charge in [0, 0.05) is 14.0 Å². The van der Waals surface area contributed by atoms with E-state index in [0.717, 1.165) is 28.8 Å². The molecule has 0 fully saturated rings. The van der Waals surface area contributed by atoms with Crippen molar-refractivity contribution in [3.8, 4) is 0 Å². The number of hydrogen-bond donors (Lipinski definition) is 0. The third kappa shape index (κ3) is 4.29. The highest BCUT2D eigenvalue weighted by atomic mass is 16.5. The molecule has 1 aromatic heterocycles. The van der Waals surface area contributed by atoms with Crippen molar-refractivity contribution >= 4 is 11.9 Å². The van der Waals surface area contributed by atoms with E-state index < -0.39 is 0 Å². The molecule has 0 bridgehead atoms. The summed E-state index contributed by atoms with van der Waals surface area (Å²) in [5, 5.41) is 0. The molecule has 0 saturated heterocycles. The van der Waals surface area contributed by atoms with Crippen LogP contribution in [0.5, 0.6) is 0 Å². The van der Waals surface area contributed by atoms with Crippen LogP contribution in [-0.4, -0.2) is 16.5 Å². The number of hydrogen-bond acceptors (Lipinski definition) is 4. The molecule has 25 heavy (non-hydrogen) atoms. The molecule has 2 rings (SSSR count). The van der Waals surface area contributed by atoms with E-state index in [9.17, 15) is 9.59 Å². The van der Waals surface area contributed by atoms with Gasteiger partial charge in [-0.15, -0.1) is 0 Å². The van der Waals surface area contributed by atoms with Crippen LogP contribution in [0.2, 0.25) is 0 Å². The van der Waals surface area contributed by atoms with Gasteiger partial charge in [0.2, 0.25) is 0 Å². The van der Waals surface area contributed by atoms with Gasteiger partial charge in [0.1, 0.15) is 18.9 Å². The quantitative estimate of drug-likeness (QED) is 0.721. The monoisotopic (exact) mass is 343 g/mol. The van der Waals surface area contributed by atoms with Crippen molar-refractivity contribution in [2.24, 2.45) is 7.05 Å². The fourth-order valence-corrected chi connectivity index (χ4v) is 3.06. The second-order valence-corrected chi connectivity index (χ2v) is 5.86. The number of aromatic nitrogens is 1. The Balaban J connectivity index is 2.28. The molecule has 2 aromatic rings. The van der Waals surface area contributed by atoms with Crippen LogP contribution < -0.4 is 0 Å². The summed E-state index contributed by atoms with van der Waals surface area (Å²) in [4.78, 5) is 23.8. The molecule has 0 unspecified atom stereocenters. The van der Waals surface area contributed by atoms with Crippen molar-refractivity contribution in [3.05, 3.63) is 58.4 Å². The highest BCUT2D eigenvalue weighted by Crippen LogP contribution is 2.25. The molecular formula is C20H25NO4. The van der Waals surface area contributed by atoms with Crippen LogP contribution in [0.15, 0.2) is 30.3 Å². The molecule has 0 radical (unpaired) electrons. The minimum Gasteiger partial charge on any atom is -0.459 e. The van der Waals surface area contributed by atoms with E-state index in [0.29, 0.717) is 12.1 Å². The molecule has 1 aromatic carbocycles. The van der Waals surface area contributed by atoms with Gasteiger partial charge in [-0.2, -0.15) is 0 Å². The topological polar surface area (TPSA) is 57.5 Å². The van der Waals surface area contributed by atoms with Crippen LogP contribution >= 0.6 is 0 Å². The number of rotatable bonds is 7.